The van der Waals surface area contributed by atoms with Crippen molar-refractivity contribution in [3.05, 3.63) is 0 Å². The molecule has 0 rings (SSSR count). The lowest BCUT2D eigenvalue weighted by atomic mass is 10.0. The summed E-state index contributed by atoms with van der Waals surface area (Å²) < 4.78 is 5.30. The van der Waals surface area contributed by atoms with E-state index < -0.39 is 11.7 Å². The summed E-state index contributed by atoms with van der Waals surface area (Å²) in [7, 11) is 0. The van der Waals surface area contributed by atoms with E-state index in [1.54, 1.807) is 0 Å². The van der Waals surface area contributed by atoms with Crippen LogP contribution in [-0.2, 0) is 9.53 Å². The summed E-state index contributed by atoms with van der Waals surface area (Å²) in [6.45, 7) is 7.83. The zero-order valence-electron chi connectivity index (χ0n) is 24.1. The third kappa shape index (κ3) is 27.4. The Morgan fingerprint density at radius 1 is 0.657 bits per heavy atom. The van der Waals surface area contributed by atoms with Crippen molar-refractivity contribution in [1.29, 1.82) is 0 Å². The first-order valence-electron chi connectivity index (χ1n) is 15.3. The van der Waals surface area contributed by atoms with Crippen molar-refractivity contribution in [3.8, 4) is 0 Å². The molecule has 0 aliphatic heterocycles. The lowest BCUT2D eigenvalue weighted by Gasteiger charge is -2.22. The molecule has 0 aliphatic carbocycles. The number of aldehydes is 1. The highest BCUT2D eigenvalue weighted by atomic mass is 16.6. The van der Waals surface area contributed by atoms with Crippen LogP contribution in [0.2, 0.25) is 0 Å². The van der Waals surface area contributed by atoms with E-state index >= 15 is 0 Å². The predicted molar refractivity (Wildman–Crippen MR) is 151 cm³/mol. The third-order valence-corrected chi connectivity index (χ3v) is 6.76. The summed E-state index contributed by atoms with van der Waals surface area (Å²) in [6.07, 6.45) is 30.6. The first kappa shape index (κ1) is 33.9. The molecule has 0 heterocycles. The first-order chi connectivity index (χ1) is 16.9. The summed E-state index contributed by atoms with van der Waals surface area (Å²) in [5.74, 6) is 0. The van der Waals surface area contributed by atoms with Crippen molar-refractivity contribution in [3.63, 3.8) is 0 Å². The molecule has 0 saturated heterocycles. The number of carbonyl (C=O) groups excluding carboxylic acids is 2. The molecule has 1 amide bonds. The van der Waals surface area contributed by atoms with Gasteiger partial charge in [0.2, 0.25) is 0 Å². The van der Waals surface area contributed by atoms with E-state index in [0.717, 1.165) is 19.1 Å². The fourth-order valence-corrected chi connectivity index (χ4v) is 4.66. The van der Waals surface area contributed by atoms with E-state index in [1.165, 1.54) is 128 Å². The summed E-state index contributed by atoms with van der Waals surface area (Å²) >= 11 is 0. The molecule has 0 aromatic heterocycles. The number of carbonyl (C=O) groups is 2. The van der Waals surface area contributed by atoms with Gasteiger partial charge in [0, 0.05) is 12.5 Å². The molecule has 1 atom stereocenters. The number of unbranched alkanes of at least 4 members (excludes halogenated alkanes) is 20. The predicted octanol–water partition coefficient (Wildman–Crippen LogP) is 10.1. The summed E-state index contributed by atoms with van der Waals surface area (Å²) in [5.41, 5.74) is -0.511. The van der Waals surface area contributed by atoms with Crippen molar-refractivity contribution in [1.82, 2.24) is 5.32 Å². The summed E-state index contributed by atoms with van der Waals surface area (Å²) in [5, 5.41) is 2.84. The monoisotopic (exact) mass is 495 g/mol. The molecular formula is C31H61NO3. The van der Waals surface area contributed by atoms with Crippen molar-refractivity contribution in [2.75, 3.05) is 0 Å². The van der Waals surface area contributed by atoms with Crippen LogP contribution in [0.3, 0.4) is 0 Å². The zero-order chi connectivity index (χ0) is 26.0. The van der Waals surface area contributed by atoms with Gasteiger partial charge in [-0.3, -0.25) is 0 Å². The number of nitrogens with one attached hydrogen (secondary N) is 1. The molecule has 4 heteroatoms. The standard InChI is InChI=1S/C31H61NO3/c1-5-6-7-8-9-10-11-12-13-14-15-16-17-18-19-20-21-22-23-24-25-26-29(27-28-33)32-30(34)35-31(2,3)4/h28-29H,5-27H2,1-4H3,(H,32,34). The van der Waals surface area contributed by atoms with Gasteiger partial charge in [-0.1, -0.05) is 142 Å². The summed E-state index contributed by atoms with van der Waals surface area (Å²) in [6, 6.07) is -0.109. The Labute approximate surface area is 219 Å². The van der Waals surface area contributed by atoms with Gasteiger partial charge in [0.25, 0.3) is 0 Å². The van der Waals surface area contributed by atoms with Gasteiger partial charge in [-0.05, 0) is 27.2 Å². The number of amides is 1. The largest absolute Gasteiger partial charge is 0.444 e. The second kappa shape index (κ2) is 24.6. The normalized spacial score (nSPS) is 12.5. The fraction of sp³-hybridized carbons (Fsp3) is 0.935. The maximum Gasteiger partial charge on any atom is 0.407 e. The Bertz CT molecular complexity index is 472. The highest BCUT2D eigenvalue weighted by Gasteiger charge is 2.19. The molecule has 0 aliphatic rings. The van der Waals surface area contributed by atoms with Gasteiger partial charge in [-0.15, -0.1) is 0 Å². The van der Waals surface area contributed by atoms with Gasteiger partial charge in [0.15, 0.2) is 0 Å². The molecule has 0 aromatic carbocycles. The molecule has 0 aromatic rings. The Hall–Kier alpha value is -1.06. The number of hydrogen-bond donors (Lipinski definition) is 1. The van der Waals surface area contributed by atoms with Gasteiger partial charge in [-0.2, -0.15) is 0 Å². The van der Waals surface area contributed by atoms with Crippen LogP contribution in [-0.4, -0.2) is 24.0 Å². The van der Waals surface area contributed by atoms with Crippen LogP contribution in [0.1, 0.15) is 175 Å². The lowest BCUT2D eigenvalue weighted by molar-refractivity contribution is -0.108. The van der Waals surface area contributed by atoms with Gasteiger partial charge in [0.1, 0.15) is 11.9 Å². The van der Waals surface area contributed by atoms with E-state index in [-0.39, 0.29) is 6.04 Å². The molecule has 1 unspecified atom stereocenters. The SMILES string of the molecule is CCCCCCCCCCCCCCCCCCCCCCCC(CC=O)NC(=O)OC(C)(C)C. The van der Waals surface area contributed by atoms with E-state index in [9.17, 15) is 9.59 Å². The fourth-order valence-electron chi connectivity index (χ4n) is 4.66. The molecule has 0 spiro atoms. The lowest BCUT2D eigenvalue weighted by Crippen LogP contribution is -2.39. The molecule has 0 fully saturated rings. The highest BCUT2D eigenvalue weighted by Crippen LogP contribution is 2.16. The van der Waals surface area contributed by atoms with Crippen molar-refractivity contribution in [2.45, 2.75) is 187 Å². The van der Waals surface area contributed by atoms with E-state index in [0.29, 0.717) is 6.42 Å². The second-order valence-electron chi connectivity index (χ2n) is 11.6. The third-order valence-electron chi connectivity index (χ3n) is 6.76. The van der Waals surface area contributed by atoms with Crippen LogP contribution in [0.5, 0.6) is 0 Å². The quantitative estimate of drug-likeness (QED) is 0.101. The van der Waals surface area contributed by atoms with Crippen LogP contribution >= 0.6 is 0 Å². The van der Waals surface area contributed by atoms with Gasteiger partial charge >= 0.3 is 6.09 Å². The van der Waals surface area contributed by atoms with Crippen molar-refractivity contribution < 1.29 is 14.3 Å². The molecule has 1 N–H and O–H groups in total. The Morgan fingerprint density at radius 2 is 1.00 bits per heavy atom. The molecule has 0 radical (unpaired) electrons. The molecule has 0 saturated carbocycles. The minimum absolute atomic E-state index is 0.109. The average Bonchev–Trinajstić information content (AvgIpc) is 2.79. The molecule has 35 heavy (non-hydrogen) atoms. The van der Waals surface area contributed by atoms with E-state index in [1.807, 2.05) is 20.8 Å². The van der Waals surface area contributed by atoms with Crippen LogP contribution in [0.15, 0.2) is 0 Å². The number of alkyl carbamates (subject to hydrolysis) is 1. The van der Waals surface area contributed by atoms with Crippen LogP contribution in [0.25, 0.3) is 0 Å². The molecule has 208 valence electrons. The molecule has 4 nitrogen and oxygen atoms in total. The number of hydrogen-bond acceptors (Lipinski definition) is 3. The Balaban J connectivity index is 3.38. The number of rotatable bonds is 25. The van der Waals surface area contributed by atoms with Gasteiger partial charge in [0.05, 0.1) is 0 Å². The van der Waals surface area contributed by atoms with Crippen LogP contribution < -0.4 is 5.32 Å². The van der Waals surface area contributed by atoms with Crippen molar-refractivity contribution in [2.24, 2.45) is 0 Å². The highest BCUT2D eigenvalue weighted by molar-refractivity contribution is 5.68. The topological polar surface area (TPSA) is 55.4 Å². The van der Waals surface area contributed by atoms with Crippen molar-refractivity contribution >= 4 is 12.4 Å². The minimum atomic E-state index is -0.511. The molecular weight excluding hydrogens is 434 g/mol. The second-order valence-corrected chi connectivity index (χ2v) is 11.6. The summed E-state index contributed by atoms with van der Waals surface area (Å²) in [4.78, 5) is 22.8. The average molecular weight is 496 g/mol. The zero-order valence-corrected chi connectivity index (χ0v) is 24.1. The van der Waals surface area contributed by atoms with E-state index in [2.05, 4.69) is 12.2 Å². The van der Waals surface area contributed by atoms with Gasteiger partial charge in [-0.25, -0.2) is 4.79 Å². The minimum Gasteiger partial charge on any atom is -0.444 e. The van der Waals surface area contributed by atoms with Gasteiger partial charge < -0.3 is 14.8 Å². The van der Waals surface area contributed by atoms with Crippen LogP contribution in [0, 0.1) is 0 Å². The smallest absolute Gasteiger partial charge is 0.407 e. The maximum absolute atomic E-state index is 11.9. The molecule has 0 bridgehead atoms. The first-order valence-corrected chi connectivity index (χ1v) is 15.3. The Kier molecular flexibility index (Phi) is 23.9. The number of ether oxygens (including phenoxy) is 1. The Morgan fingerprint density at radius 3 is 1.31 bits per heavy atom. The van der Waals surface area contributed by atoms with E-state index in [4.69, 9.17) is 4.74 Å². The maximum atomic E-state index is 11.9. The van der Waals surface area contributed by atoms with Crippen LogP contribution in [0.4, 0.5) is 4.79 Å².